The van der Waals surface area contributed by atoms with Crippen molar-refractivity contribution in [2.45, 2.75) is 20.3 Å². The van der Waals surface area contributed by atoms with Gasteiger partial charge in [0.1, 0.15) is 0 Å². The molecule has 1 aromatic rings. The minimum absolute atomic E-state index is 0.252. The van der Waals surface area contributed by atoms with Gasteiger partial charge in [0.25, 0.3) is 0 Å². The molecule has 0 aromatic carbocycles. The van der Waals surface area contributed by atoms with Gasteiger partial charge in [-0.1, -0.05) is 5.16 Å². The molecular formula is C7H9N3O4. The maximum atomic E-state index is 10.1. The fraction of sp³-hybridized carbons (Fsp3) is 0.429. The minimum Gasteiger partial charge on any atom is -0.393 e. The van der Waals surface area contributed by atoms with Gasteiger partial charge in [-0.05, 0) is 6.92 Å². The Kier molecular flexibility index (Phi) is 3.16. The summed E-state index contributed by atoms with van der Waals surface area (Å²) in [5.74, 6) is -0.389. The maximum Gasteiger partial charge on any atom is 0.434 e. The summed E-state index contributed by atoms with van der Waals surface area (Å²) in [4.78, 5) is 24.3. The van der Waals surface area contributed by atoms with E-state index < -0.39 is 5.76 Å². The van der Waals surface area contributed by atoms with Gasteiger partial charge in [0, 0.05) is 6.92 Å². The van der Waals surface area contributed by atoms with Crippen LogP contribution in [0, 0.1) is 6.92 Å². The zero-order chi connectivity index (χ0) is 10.6. The van der Waals surface area contributed by atoms with Crippen LogP contribution in [0.2, 0.25) is 0 Å². The first-order chi connectivity index (χ1) is 6.58. The van der Waals surface area contributed by atoms with Gasteiger partial charge in [-0.2, -0.15) is 0 Å². The number of hydrogen-bond donors (Lipinski definition) is 1. The molecule has 2 heterocycles. The van der Waals surface area contributed by atoms with E-state index in [9.17, 15) is 9.59 Å². The predicted octanol–water partition coefficient (Wildman–Crippen LogP) is -0.0195. The van der Waals surface area contributed by atoms with Crippen molar-refractivity contribution in [2.24, 2.45) is 5.16 Å². The van der Waals surface area contributed by atoms with E-state index in [1.54, 1.807) is 13.8 Å². The average Bonchev–Trinajstić information content (AvgIpc) is 2.63. The van der Waals surface area contributed by atoms with Crippen LogP contribution in [0.4, 0.5) is 0 Å². The SMILES string of the molecule is CC1=NOC(=O)C1.Cc1n[nH]c(=O)o1. The largest absolute Gasteiger partial charge is 0.434 e. The Morgan fingerprint density at radius 2 is 2.07 bits per heavy atom. The number of carbonyl (C=O) groups is 1. The maximum absolute atomic E-state index is 10.1. The molecule has 2 rings (SSSR count). The number of oxime groups is 1. The van der Waals surface area contributed by atoms with Crippen molar-refractivity contribution in [3.8, 4) is 0 Å². The molecule has 0 fully saturated rings. The lowest BCUT2D eigenvalue weighted by Crippen LogP contribution is -1.93. The standard InChI is InChI=1S/C4H5NO2.C3H4N2O2/c1-3-2-4(6)7-5-3;1-2-4-5-3(6)7-2/h2H2,1H3;1H3,(H,5,6). The molecule has 0 saturated heterocycles. The molecular weight excluding hydrogens is 190 g/mol. The molecule has 1 aromatic heterocycles. The highest BCUT2D eigenvalue weighted by Crippen LogP contribution is 1.99. The predicted molar refractivity (Wildman–Crippen MR) is 45.7 cm³/mol. The van der Waals surface area contributed by atoms with Crippen molar-refractivity contribution in [3.63, 3.8) is 0 Å². The smallest absolute Gasteiger partial charge is 0.393 e. The molecule has 76 valence electrons. The summed E-state index contributed by atoms with van der Waals surface area (Å²) < 4.78 is 4.36. The molecule has 0 amide bonds. The Balaban J connectivity index is 0.000000140. The highest BCUT2D eigenvalue weighted by molar-refractivity contribution is 6.00. The zero-order valence-electron chi connectivity index (χ0n) is 7.73. The summed E-state index contributed by atoms with van der Waals surface area (Å²) in [5, 5.41) is 8.89. The Bertz CT molecular complexity index is 403. The number of rotatable bonds is 0. The molecule has 1 N–H and O–H groups in total. The quantitative estimate of drug-likeness (QED) is 0.592. The third-order valence-corrected chi connectivity index (χ3v) is 1.25. The van der Waals surface area contributed by atoms with Crippen LogP contribution in [0.3, 0.4) is 0 Å². The van der Waals surface area contributed by atoms with Crippen LogP contribution in [-0.2, 0) is 9.63 Å². The van der Waals surface area contributed by atoms with Crippen LogP contribution in [0.1, 0.15) is 19.2 Å². The first-order valence-electron chi connectivity index (χ1n) is 3.83. The van der Waals surface area contributed by atoms with E-state index in [2.05, 4.69) is 24.6 Å². The Morgan fingerprint density at radius 1 is 1.36 bits per heavy atom. The second-order valence-electron chi connectivity index (χ2n) is 2.60. The summed E-state index contributed by atoms with van der Waals surface area (Å²) in [7, 11) is 0. The van der Waals surface area contributed by atoms with Gasteiger partial charge in [-0.3, -0.25) is 0 Å². The van der Waals surface area contributed by atoms with E-state index in [1.165, 1.54) is 0 Å². The third kappa shape index (κ3) is 3.21. The van der Waals surface area contributed by atoms with E-state index in [0.29, 0.717) is 12.3 Å². The lowest BCUT2D eigenvalue weighted by atomic mass is 10.3. The van der Waals surface area contributed by atoms with E-state index >= 15 is 0 Å². The number of nitrogens with one attached hydrogen (secondary N) is 1. The number of carbonyl (C=O) groups excluding carboxylic acids is 1. The molecule has 0 bridgehead atoms. The van der Waals surface area contributed by atoms with Crippen molar-refractivity contribution in [3.05, 3.63) is 16.4 Å². The normalized spacial score (nSPS) is 14.1. The molecule has 14 heavy (non-hydrogen) atoms. The van der Waals surface area contributed by atoms with E-state index in [1.807, 2.05) is 0 Å². The van der Waals surface area contributed by atoms with Crippen molar-refractivity contribution < 1.29 is 14.0 Å². The number of hydrogen-bond acceptors (Lipinski definition) is 6. The van der Waals surface area contributed by atoms with Gasteiger partial charge in [0.05, 0.1) is 12.1 Å². The highest BCUT2D eigenvalue weighted by Gasteiger charge is 2.11. The molecule has 0 radical (unpaired) electrons. The summed E-state index contributed by atoms with van der Waals surface area (Å²) in [6.07, 6.45) is 0.361. The van der Waals surface area contributed by atoms with Crippen LogP contribution in [0.25, 0.3) is 0 Å². The number of aromatic nitrogens is 2. The van der Waals surface area contributed by atoms with Crippen LogP contribution < -0.4 is 5.76 Å². The van der Waals surface area contributed by atoms with Gasteiger partial charge in [0.2, 0.25) is 5.89 Å². The van der Waals surface area contributed by atoms with Gasteiger partial charge in [0.15, 0.2) is 0 Å². The monoisotopic (exact) mass is 199 g/mol. The molecule has 1 aliphatic heterocycles. The summed E-state index contributed by atoms with van der Waals surface area (Å²) in [6.45, 7) is 3.35. The highest BCUT2D eigenvalue weighted by atomic mass is 16.7. The van der Waals surface area contributed by atoms with E-state index in [0.717, 1.165) is 5.71 Å². The molecule has 7 heteroatoms. The molecule has 7 nitrogen and oxygen atoms in total. The molecule has 1 aliphatic rings. The average molecular weight is 199 g/mol. The molecule has 0 unspecified atom stereocenters. The fourth-order valence-corrected chi connectivity index (χ4v) is 0.706. The molecule has 0 spiro atoms. The van der Waals surface area contributed by atoms with Gasteiger partial charge in [-0.25, -0.2) is 14.7 Å². The summed E-state index contributed by atoms with van der Waals surface area (Å²) in [5.41, 5.74) is 0.755. The van der Waals surface area contributed by atoms with Gasteiger partial charge in [-0.15, -0.1) is 5.10 Å². The van der Waals surface area contributed by atoms with E-state index in [-0.39, 0.29) is 5.97 Å². The van der Waals surface area contributed by atoms with Gasteiger partial charge < -0.3 is 9.25 Å². The first-order valence-corrected chi connectivity index (χ1v) is 3.83. The summed E-state index contributed by atoms with van der Waals surface area (Å²) >= 11 is 0. The lowest BCUT2D eigenvalue weighted by Gasteiger charge is -1.75. The van der Waals surface area contributed by atoms with Crippen LogP contribution in [-0.4, -0.2) is 21.9 Å². The lowest BCUT2D eigenvalue weighted by molar-refractivity contribution is -0.140. The Morgan fingerprint density at radius 3 is 2.21 bits per heavy atom. The number of H-pyrrole nitrogens is 1. The second-order valence-corrected chi connectivity index (χ2v) is 2.60. The molecule has 0 saturated carbocycles. The van der Waals surface area contributed by atoms with Crippen molar-refractivity contribution in [1.82, 2.24) is 10.2 Å². The Hall–Kier alpha value is -1.92. The van der Waals surface area contributed by atoms with Crippen LogP contribution in [0.5, 0.6) is 0 Å². The van der Waals surface area contributed by atoms with Gasteiger partial charge >= 0.3 is 11.7 Å². The fourth-order valence-electron chi connectivity index (χ4n) is 0.706. The Labute approximate surface area is 78.7 Å². The third-order valence-electron chi connectivity index (χ3n) is 1.25. The van der Waals surface area contributed by atoms with Crippen LogP contribution >= 0.6 is 0 Å². The number of aryl methyl sites for hydroxylation is 1. The van der Waals surface area contributed by atoms with Crippen molar-refractivity contribution in [1.29, 1.82) is 0 Å². The van der Waals surface area contributed by atoms with Crippen molar-refractivity contribution >= 4 is 11.7 Å². The number of aromatic amines is 1. The van der Waals surface area contributed by atoms with Crippen LogP contribution in [0.15, 0.2) is 14.4 Å². The molecule has 0 aliphatic carbocycles. The van der Waals surface area contributed by atoms with E-state index in [4.69, 9.17) is 0 Å². The van der Waals surface area contributed by atoms with Crippen molar-refractivity contribution in [2.75, 3.05) is 0 Å². The summed E-state index contributed by atoms with van der Waals surface area (Å²) in [6, 6.07) is 0. The first kappa shape index (κ1) is 10.2. The zero-order valence-corrected chi connectivity index (χ0v) is 7.73. The molecule has 0 atom stereocenters. The topological polar surface area (TPSA) is 97.5 Å². The second kappa shape index (κ2) is 4.35. The minimum atomic E-state index is -0.502. The number of nitrogens with zero attached hydrogens (tertiary/aromatic N) is 2.